The van der Waals surface area contributed by atoms with Crippen LogP contribution in [0.5, 0.6) is 5.75 Å². The van der Waals surface area contributed by atoms with E-state index in [9.17, 15) is 26.4 Å². The van der Waals surface area contributed by atoms with Crippen LogP contribution in [-0.2, 0) is 14.8 Å². The Labute approximate surface area is 143 Å². The van der Waals surface area contributed by atoms with Crippen molar-refractivity contribution in [3.05, 3.63) is 24.3 Å². The maximum Gasteiger partial charge on any atom is 0.573 e. The zero-order valence-corrected chi connectivity index (χ0v) is 14.2. The number of amides is 1. The van der Waals surface area contributed by atoms with Gasteiger partial charge in [-0.2, -0.15) is 4.31 Å². The lowest BCUT2D eigenvalue weighted by Gasteiger charge is -2.40. The zero-order chi connectivity index (χ0) is 18.4. The summed E-state index contributed by atoms with van der Waals surface area (Å²) in [6.45, 7) is 2.34. The molecule has 138 valence electrons. The highest BCUT2D eigenvalue weighted by Gasteiger charge is 2.45. The van der Waals surface area contributed by atoms with Crippen molar-refractivity contribution in [3.63, 3.8) is 0 Å². The van der Waals surface area contributed by atoms with Gasteiger partial charge in [-0.1, -0.05) is 0 Å². The third-order valence-electron chi connectivity index (χ3n) is 4.50. The van der Waals surface area contributed by atoms with Gasteiger partial charge in [0.05, 0.1) is 4.90 Å². The normalized spacial score (nSPS) is 25.1. The molecule has 0 spiro atoms. The van der Waals surface area contributed by atoms with Crippen molar-refractivity contribution >= 4 is 15.9 Å². The van der Waals surface area contributed by atoms with Gasteiger partial charge in [0, 0.05) is 19.1 Å². The molecular formula is C15H17F3N2O4S. The van der Waals surface area contributed by atoms with E-state index >= 15 is 0 Å². The minimum atomic E-state index is -4.85. The van der Waals surface area contributed by atoms with Crippen molar-refractivity contribution in [1.29, 1.82) is 0 Å². The van der Waals surface area contributed by atoms with Gasteiger partial charge in [0.15, 0.2) is 0 Å². The molecule has 2 aliphatic rings. The molecule has 10 heteroatoms. The van der Waals surface area contributed by atoms with Gasteiger partial charge in [-0.3, -0.25) is 4.79 Å². The van der Waals surface area contributed by atoms with Gasteiger partial charge in [-0.05, 0) is 44.0 Å². The maximum absolute atomic E-state index is 12.8. The fourth-order valence-electron chi connectivity index (χ4n) is 3.30. The Morgan fingerprint density at radius 2 is 1.84 bits per heavy atom. The van der Waals surface area contributed by atoms with Crippen molar-refractivity contribution in [2.45, 2.75) is 43.1 Å². The number of benzene rings is 1. The van der Waals surface area contributed by atoms with E-state index in [1.54, 1.807) is 4.90 Å². The lowest BCUT2D eigenvalue weighted by molar-refractivity contribution is -0.274. The molecule has 2 aliphatic heterocycles. The first-order valence-electron chi connectivity index (χ1n) is 7.78. The Morgan fingerprint density at radius 1 is 1.20 bits per heavy atom. The number of carbonyl (C=O) groups is 1. The van der Waals surface area contributed by atoms with Crippen LogP contribution in [0, 0.1) is 0 Å². The molecular weight excluding hydrogens is 361 g/mol. The fourth-order valence-corrected chi connectivity index (χ4v) is 4.93. The predicted molar refractivity (Wildman–Crippen MR) is 81.2 cm³/mol. The Hall–Kier alpha value is -1.81. The molecule has 2 saturated heterocycles. The summed E-state index contributed by atoms with van der Waals surface area (Å²) in [4.78, 5) is 13.9. The average molecular weight is 378 g/mol. The molecule has 1 aromatic rings. The fraction of sp³-hybridized carbons (Fsp3) is 0.533. The van der Waals surface area contributed by atoms with Crippen LogP contribution in [0.15, 0.2) is 29.2 Å². The summed E-state index contributed by atoms with van der Waals surface area (Å²) in [6.07, 6.45) is -3.27. The Kier molecular flexibility index (Phi) is 4.44. The highest BCUT2D eigenvalue weighted by Crippen LogP contribution is 2.31. The second kappa shape index (κ2) is 6.17. The molecule has 0 unspecified atom stereocenters. The molecule has 1 amide bonds. The first kappa shape index (κ1) is 18.0. The molecule has 0 N–H and O–H groups in total. The third kappa shape index (κ3) is 3.45. The van der Waals surface area contributed by atoms with Gasteiger partial charge < -0.3 is 9.64 Å². The SMILES string of the molecule is C[C@@H]1C(=O)N2CCC[C@H]2CN1S(=O)(=O)c1ccc(OC(F)(F)F)cc1. The monoisotopic (exact) mass is 378 g/mol. The summed E-state index contributed by atoms with van der Waals surface area (Å²) in [7, 11) is -3.99. The lowest BCUT2D eigenvalue weighted by Crippen LogP contribution is -2.59. The minimum absolute atomic E-state index is 0.147. The standard InChI is InChI=1S/C15H17F3N2O4S/c1-10-14(21)19-8-2-3-11(19)9-20(10)25(22,23)13-6-4-12(5-7-13)24-15(16,17)18/h4-7,10-11H,2-3,8-9H2,1H3/t10-,11+/m1/s1. The number of hydrogen-bond donors (Lipinski definition) is 0. The number of hydrogen-bond acceptors (Lipinski definition) is 4. The summed E-state index contributed by atoms with van der Waals surface area (Å²) in [5.74, 6) is -0.745. The van der Waals surface area contributed by atoms with Crippen LogP contribution >= 0.6 is 0 Å². The van der Waals surface area contributed by atoms with E-state index in [0.717, 1.165) is 41.4 Å². The first-order valence-corrected chi connectivity index (χ1v) is 9.22. The number of halogens is 3. The molecule has 0 radical (unpaired) electrons. The van der Waals surface area contributed by atoms with Crippen molar-refractivity contribution < 1.29 is 31.1 Å². The van der Waals surface area contributed by atoms with Gasteiger partial charge in [-0.25, -0.2) is 8.42 Å². The number of piperazine rings is 1. The Morgan fingerprint density at radius 3 is 2.44 bits per heavy atom. The molecule has 0 bridgehead atoms. The van der Waals surface area contributed by atoms with Gasteiger partial charge in [0.25, 0.3) is 0 Å². The molecule has 25 heavy (non-hydrogen) atoms. The Balaban J connectivity index is 1.84. The topological polar surface area (TPSA) is 66.9 Å². The number of sulfonamides is 1. The van der Waals surface area contributed by atoms with Gasteiger partial charge in [0.2, 0.25) is 15.9 Å². The number of ether oxygens (including phenoxy) is 1. The van der Waals surface area contributed by atoms with Crippen LogP contribution < -0.4 is 4.74 Å². The second-order valence-corrected chi connectivity index (χ2v) is 7.99. The highest BCUT2D eigenvalue weighted by atomic mass is 32.2. The van der Waals surface area contributed by atoms with Crippen LogP contribution in [0.3, 0.4) is 0 Å². The van der Waals surface area contributed by atoms with E-state index < -0.39 is 28.2 Å². The quantitative estimate of drug-likeness (QED) is 0.807. The van der Waals surface area contributed by atoms with Crippen molar-refractivity contribution in [2.75, 3.05) is 13.1 Å². The summed E-state index contributed by atoms with van der Waals surface area (Å²) < 4.78 is 67.1. The second-order valence-electron chi connectivity index (χ2n) is 6.10. The van der Waals surface area contributed by atoms with Crippen molar-refractivity contribution in [2.24, 2.45) is 0 Å². The summed E-state index contributed by atoms with van der Waals surface area (Å²) in [5, 5.41) is 0. The number of fused-ring (bicyclic) bond motifs is 1. The minimum Gasteiger partial charge on any atom is -0.406 e. The van der Waals surface area contributed by atoms with E-state index in [1.165, 1.54) is 6.92 Å². The Bertz CT molecular complexity index is 764. The predicted octanol–water partition coefficient (Wildman–Crippen LogP) is 1.97. The van der Waals surface area contributed by atoms with Crippen LogP contribution in [0.1, 0.15) is 19.8 Å². The van der Waals surface area contributed by atoms with E-state index in [1.807, 2.05) is 0 Å². The van der Waals surface area contributed by atoms with Gasteiger partial charge in [0.1, 0.15) is 11.8 Å². The first-order chi connectivity index (χ1) is 11.6. The molecule has 2 atom stereocenters. The van der Waals surface area contributed by atoms with E-state index in [0.29, 0.717) is 6.54 Å². The third-order valence-corrected chi connectivity index (χ3v) is 6.45. The summed E-state index contributed by atoms with van der Waals surface area (Å²) in [5.41, 5.74) is 0. The highest BCUT2D eigenvalue weighted by molar-refractivity contribution is 7.89. The van der Waals surface area contributed by atoms with Gasteiger partial charge >= 0.3 is 6.36 Å². The van der Waals surface area contributed by atoms with E-state index in [4.69, 9.17) is 0 Å². The van der Waals surface area contributed by atoms with Crippen molar-refractivity contribution in [3.8, 4) is 5.75 Å². The number of carbonyl (C=O) groups excluding carboxylic acids is 1. The zero-order valence-electron chi connectivity index (χ0n) is 13.4. The number of rotatable bonds is 3. The maximum atomic E-state index is 12.8. The molecule has 0 aliphatic carbocycles. The molecule has 2 fully saturated rings. The number of alkyl halides is 3. The molecule has 6 nitrogen and oxygen atoms in total. The summed E-state index contributed by atoms with van der Waals surface area (Å²) in [6, 6.07) is 3.00. The molecule has 0 aromatic heterocycles. The van der Waals surface area contributed by atoms with E-state index in [2.05, 4.69) is 4.74 Å². The van der Waals surface area contributed by atoms with E-state index in [-0.39, 0.29) is 23.4 Å². The average Bonchev–Trinajstić information content (AvgIpc) is 2.98. The smallest absolute Gasteiger partial charge is 0.406 e. The molecule has 0 saturated carbocycles. The number of nitrogens with zero attached hydrogens (tertiary/aromatic N) is 2. The molecule has 3 rings (SSSR count). The molecule has 1 aromatic carbocycles. The molecule has 2 heterocycles. The van der Waals surface area contributed by atoms with Gasteiger partial charge in [-0.15, -0.1) is 13.2 Å². The largest absolute Gasteiger partial charge is 0.573 e. The summed E-state index contributed by atoms with van der Waals surface area (Å²) >= 11 is 0. The van der Waals surface area contributed by atoms with Crippen molar-refractivity contribution in [1.82, 2.24) is 9.21 Å². The van der Waals surface area contributed by atoms with Crippen LogP contribution in [0.25, 0.3) is 0 Å². The van der Waals surface area contributed by atoms with Crippen LogP contribution in [0.4, 0.5) is 13.2 Å². The van der Waals surface area contributed by atoms with Crippen LogP contribution in [-0.4, -0.2) is 55.1 Å². The lowest BCUT2D eigenvalue weighted by atomic mass is 10.1. The van der Waals surface area contributed by atoms with Crippen LogP contribution in [0.2, 0.25) is 0 Å².